The molecule has 2 fully saturated rings. The fraction of sp³-hybridized carbons (Fsp3) is 0.714. The van der Waals surface area contributed by atoms with E-state index in [0.717, 1.165) is 24.1 Å². The second-order valence-electron chi connectivity index (χ2n) is 5.78. The zero-order valence-electron chi connectivity index (χ0n) is 11.9. The molecule has 2 saturated heterocycles. The van der Waals surface area contributed by atoms with Gasteiger partial charge in [-0.05, 0) is 20.0 Å². The molecule has 0 saturated carbocycles. The molecule has 0 N–H and O–H groups in total. The molecular formula is C14H23N5. The molecule has 1 aromatic heterocycles. The molecule has 0 amide bonds. The molecule has 19 heavy (non-hydrogen) atoms. The van der Waals surface area contributed by atoms with Crippen LogP contribution >= 0.6 is 0 Å². The van der Waals surface area contributed by atoms with E-state index in [1.807, 2.05) is 19.2 Å². The van der Waals surface area contributed by atoms with Crippen LogP contribution in [0.3, 0.4) is 0 Å². The Balaban J connectivity index is 1.45. The summed E-state index contributed by atoms with van der Waals surface area (Å²) < 4.78 is 0. The molecule has 2 aliphatic rings. The smallest absolute Gasteiger partial charge is 0.125 e. The van der Waals surface area contributed by atoms with Crippen molar-refractivity contribution in [2.75, 3.05) is 46.3 Å². The third-order valence-corrected chi connectivity index (χ3v) is 4.21. The summed E-state index contributed by atoms with van der Waals surface area (Å²) >= 11 is 0. The maximum Gasteiger partial charge on any atom is 0.125 e. The van der Waals surface area contributed by atoms with Crippen LogP contribution in [-0.2, 0) is 6.54 Å². The molecule has 0 radical (unpaired) electrons. The van der Waals surface area contributed by atoms with Crippen molar-refractivity contribution in [2.24, 2.45) is 0 Å². The zero-order valence-corrected chi connectivity index (χ0v) is 11.9. The van der Waals surface area contributed by atoms with Gasteiger partial charge in [-0.15, -0.1) is 0 Å². The van der Waals surface area contributed by atoms with Gasteiger partial charge < -0.3 is 4.90 Å². The van der Waals surface area contributed by atoms with Crippen LogP contribution in [0.15, 0.2) is 12.3 Å². The van der Waals surface area contributed by atoms with E-state index < -0.39 is 0 Å². The molecule has 5 nitrogen and oxygen atoms in total. The van der Waals surface area contributed by atoms with Crippen molar-refractivity contribution in [2.45, 2.75) is 19.5 Å². The normalized spacial score (nSPS) is 23.5. The van der Waals surface area contributed by atoms with Gasteiger partial charge in [-0.1, -0.05) is 0 Å². The maximum atomic E-state index is 4.47. The van der Waals surface area contributed by atoms with Crippen LogP contribution in [0.25, 0.3) is 0 Å². The highest BCUT2D eigenvalue weighted by molar-refractivity contribution is 5.03. The summed E-state index contributed by atoms with van der Waals surface area (Å²) in [5, 5.41) is 0. The van der Waals surface area contributed by atoms with Gasteiger partial charge in [0, 0.05) is 58.1 Å². The van der Waals surface area contributed by atoms with Crippen LogP contribution in [0.5, 0.6) is 0 Å². The van der Waals surface area contributed by atoms with Gasteiger partial charge in [0.2, 0.25) is 0 Å². The first-order chi connectivity index (χ1) is 9.20. The first kappa shape index (κ1) is 13.0. The Labute approximate surface area is 115 Å². The van der Waals surface area contributed by atoms with Crippen LogP contribution in [0.1, 0.15) is 11.5 Å². The minimum absolute atomic E-state index is 0.761. The van der Waals surface area contributed by atoms with E-state index in [9.17, 15) is 0 Å². The van der Waals surface area contributed by atoms with Crippen molar-refractivity contribution in [1.82, 2.24) is 24.7 Å². The van der Waals surface area contributed by atoms with E-state index >= 15 is 0 Å². The molecule has 0 aliphatic carbocycles. The van der Waals surface area contributed by atoms with Gasteiger partial charge in [-0.3, -0.25) is 9.80 Å². The van der Waals surface area contributed by atoms with E-state index in [0.29, 0.717) is 0 Å². The van der Waals surface area contributed by atoms with Crippen molar-refractivity contribution < 1.29 is 0 Å². The summed E-state index contributed by atoms with van der Waals surface area (Å²) in [7, 11) is 2.21. The molecule has 1 aromatic rings. The Morgan fingerprint density at radius 1 is 1.21 bits per heavy atom. The number of hydrogen-bond acceptors (Lipinski definition) is 5. The minimum atomic E-state index is 0.761. The number of rotatable bonds is 3. The third kappa shape index (κ3) is 3.11. The van der Waals surface area contributed by atoms with Crippen LogP contribution in [0.4, 0.5) is 0 Å². The summed E-state index contributed by atoms with van der Waals surface area (Å²) in [6.07, 6.45) is 1.86. The summed E-state index contributed by atoms with van der Waals surface area (Å²) in [5.74, 6) is 0.869. The van der Waals surface area contributed by atoms with Gasteiger partial charge >= 0.3 is 0 Å². The lowest BCUT2D eigenvalue weighted by atomic mass is 10.1. The highest BCUT2D eigenvalue weighted by atomic mass is 15.3. The molecular weight excluding hydrogens is 238 g/mol. The predicted molar refractivity (Wildman–Crippen MR) is 74.9 cm³/mol. The van der Waals surface area contributed by atoms with Crippen LogP contribution < -0.4 is 0 Å². The fourth-order valence-electron chi connectivity index (χ4n) is 2.91. The van der Waals surface area contributed by atoms with Crippen LogP contribution in [-0.4, -0.2) is 77.0 Å². The molecule has 2 aliphatic heterocycles. The first-order valence-electron chi connectivity index (χ1n) is 7.14. The average Bonchev–Trinajstić information content (AvgIpc) is 2.35. The Bertz CT molecular complexity index is 422. The zero-order chi connectivity index (χ0) is 13.2. The van der Waals surface area contributed by atoms with Crippen molar-refractivity contribution in [1.29, 1.82) is 0 Å². The summed E-state index contributed by atoms with van der Waals surface area (Å²) in [6, 6.07) is 2.78. The molecule has 104 valence electrons. The fourth-order valence-corrected chi connectivity index (χ4v) is 2.91. The highest BCUT2D eigenvalue weighted by Crippen LogP contribution is 2.18. The minimum Gasteiger partial charge on any atom is -0.304 e. The topological polar surface area (TPSA) is 35.5 Å². The molecule has 3 heterocycles. The van der Waals surface area contributed by atoms with Gasteiger partial charge in [0.1, 0.15) is 5.82 Å². The number of likely N-dealkylation sites (N-methyl/N-ethyl adjacent to an activating group) is 1. The number of aromatic nitrogens is 2. The second-order valence-corrected chi connectivity index (χ2v) is 5.78. The number of likely N-dealkylation sites (tertiary alicyclic amines) is 1. The van der Waals surface area contributed by atoms with E-state index in [-0.39, 0.29) is 0 Å². The summed E-state index contributed by atoms with van der Waals surface area (Å²) in [6.45, 7) is 10.2. The van der Waals surface area contributed by atoms with Gasteiger partial charge in [0.25, 0.3) is 0 Å². The molecule has 0 bridgehead atoms. The standard InChI is InChI=1S/C14H23N5/c1-12-15-4-3-13(16-12)9-18-10-14(11-18)19-7-5-17(2)6-8-19/h3-4,14H,5-11H2,1-2H3. The highest BCUT2D eigenvalue weighted by Gasteiger charge is 2.32. The maximum absolute atomic E-state index is 4.47. The number of aryl methyl sites for hydroxylation is 1. The van der Waals surface area contributed by atoms with Crippen LogP contribution in [0.2, 0.25) is 0 Å². The molecule has 0 aromatic carbocycles. The lowest BCUT2D eigenvalue weighted by Crippen LogP contribution is -2.62. The van der Waals surface area contributed by atoms with Crippen LogP contribution in [0, 0.1) is 6.92 Å². The average molecular weight is 261 g/mol. The van der Waals surface area contributed by atoms with E-state index in [1.54, 1.807) is 0 Å². The lowest BCUT2D eigenvalue weighted by molar-refractivity contribution is 0.00484. The van der Waals surface area contributed by atoms with Gasteiger partial charge in [-0.2, -0.15) is 0 Å². The predicted octanol–water partition coefficient (Wildman–Crippen LogP) is 0.217. The molecule has 0 unspecified atom stereocenters. The quantitative estimate of drug-likeness (QED) is 0.777. The second kappa shape index (κ2) is 5.53. The Morgan fingerprint density at radius 3 is 2.63 bits per heavy atom. The van der Waals surface area contributed by atoms with Crippen molar-refractivity contribution in [3.63, 3.8) is 0 Å². The number of hydrogen-bond donors (Lipinski definition) is 0. The first-order valence-corrected chi connectivity index (χ1v) is 7.14. The third-order valence-electron chi connectivity index (χ3n) is 4.21. The monoisotopic (exact) mass is 261 g/mol. The largest absolute Gasteiger partial charge is 0.304 e. The number of piperazine rings is 1. The van der Waals surface area contributed by atoms with E-state index in [2.05, 4.69) is 31.7 Å². The molecule has 5 heteroatoms. The summed E-state index contributed by atoms with van der Waals surface area (Å²) in [4.78, 5) is 16.1. The van der Waals surface area contributed by atoms with E-state index in [4.69, 9.17) is 0 Å². The Morgan fingerprint density at radius 2 is 1.95 bits per heavy atom. The van der Waals surface area contributed by atoms with Crippen molar-refractivity contribution >= 4 is 0 Å². The number of nitrogens with zero attached hydrogens (tertiary/aromatic N) is 5. The Hall–Kier alpha value is -1.04. The van der Waals surface area contributed by atoms with E-state index in [1.165, 1.54) is 39.3 Å². The Kier molecular flexibility index (Phi) is 3.77. The molecule has 0 atom stereocenters. The molecule has 3 rings (SSSR count). The van der Waals surface area contributed by atoms with Crippen molar-refractivity contribution in [3.8, 4) is 0 Å². The molecule has 0 spiro atoms. The van der Waals surface area contributed by atoms with Gasteiger partial charge in [-0.25, -0.2) is 9.97 Å². The van der Waals surface area contributed by atoms with Gasteiger partial charge in [0.05, 0.1) is 5.69 Å². The van der Waals surface area contributed by atoms with Crippen molar-refractivity contribution in [3.05, 3.63) is 23.8 Å². The summed E-state index contributed by atoms with van der Waals surface area (Å²) in [5.41, 5.74) is 1.14. The van der Waals surface area contributed by atoms with Gasteiger partial charge in [0.15, 0.2) is 0 Å². The SMILES string of the molecule is Cc1nccc(CN2CC(N3CCN(C)CC3)C2)n1. The lowest BCUT2D eigenvalue weighted by Gasteiger charge is -2.47.